The molecule has 1 aromatic rings. The smallest absolute Gasteiger partial charge is 0.225 e. The zero-order chi connectivity index (χ0) is 14.5. The van der Waals surface area contributed by atoms with Gasteiger partial charge in [-0.2, -0.15) is 0 Å². The second-order valence-corrected chi connectivity index (χ2v) is 5.15. The summed E-state index contributed by atoms with van der Waals surface area (Å²) in [6.07, 6.45) is 1.66. The van der Waals surface area contributed by atoms with Crippen LogP contribution in [0.1, 0.15) is 25.3 Å². The van der Waals surface area contributed by atoms with Crippen LogP contribution >= 0.6 is 0 Å². The van der Waals surface area contributed by atoms with E-state index >= 15 is 0 Å². The Kier molecular flexibility index (Phi) is 4.71. The number of nitrogens with zero attached hydrogens (tertiary/aromatic N) is 1. The molecule has 0 radical (unpaired) electrons. The van der Waals surface area contributed by atoms with Gasteiger partial charge in [0.25, 0.3) is 0 Å². The maximum absolute atomic E-state index is 12.8. The van der Waals surface area contributed by atoms with Crippen LogP contribution in [0.4, 0.5) is 4.39 Å². The molecule has 1 unspecified atom stereocenters. The molecule has 1 N–H and O–H groups in total. The minimum absolute atomic E-state index is 0.0148. The number of rotatable bonds is 3. The van der Waals surface area contributed by atoms with Crippen LogP contribution in [0.25, 0.3) is 0 Å². The second kappa shape index (κ2) is 6.50. The highest BCUT2D eigenvalue weighted by Gasteiger charge is 2.26. The number of carbonyl (C=O) groups is 2. The standard InChI is InChI=1S/C15H19FN2O2/c1-11(19)18-8-2-3-13(10-18)15(20)17-9-12-4-6-14(16)7-5-12/h4-7,13H,2-3,8-10H2,1H3,(H,17,20). The maximum atomic E-state index is 12.8. The van der Waals surface area contributed by atoms with E-state index in [2.05, 4.69) is 5.32 Å². The van der Waals surface area contributed by atoms with Crippen molar-refractivity contribution >= 4 is 11.8 Å². The van der Waals surface area contributed by atoms with E-state index < -0.39 is 0 Å². The van der Waals surface area contributed by atoms with Gasteiger partial charge in [0.1, 0.15) is 5.82 Å². The van der Waals surface area contributed by atoms with Crippen LogP contribution in [0.2, 0.25) is 0 Å². The van der Waals surface area contributed by atoms with Crippen molar-refractivity contribution in [3.05, 3.63) is 35.6 Å². The van der Waals surface area contributed by atoms with E-state index in [9.17, 15) is 14.0 Å². The second-order valence-electron chi connectivity index (χ2n) is 5.15. The van der Waals surface area contributed by atoms with E-state index in [1.54, 1.807) is 17.0 Å². The third kappa shape index (κ3) is 3.79. The summed E-state index contributed by atoms with van der Waals surface area (Å²) >= 11 is 0. The van der Waals surface area contributed by atoms with Gasteiger partial charge in [0.15, 0.2) is 0 Å². The van der Waals surface area contributed by atoms with E-state index in [1.165, 1.54) is 19.1 Å². The molecule has 4 nitrogen and oxygen atoms in total. The Hall–Kier alpha value is -1.91. The topological polar surface area (TPSA) is 49.4 Å². The Balaban J connectivity index is 1.85. The fraction of sp³-hybridized carbons (Fsp3) is 0.467. The Labute approximate surface area is 118 Å². The van der Waals surface area contributed by atoms with Crippen LogP contribution in [-0.2, 0) is 16.1 Å². The van der Waals surface area contributed by atoms with Crippen LogP contribution < -0.4 is 5.32 Å². The van der Waals surface area contributed by atoms with Gasteiger partial charge in [-0.3, -0.25) is 9.59 Å². The van der Waals surface area contributed by atoms with Crippen molar-refractivity contribution < 1.29 is 14.0 Å². The molecule has 1 saturated heterocycles. The van der Waals surface area contributed by atoms with E-state index in [-0.39, 0.29) is 23.5 Å². The third-order valence-corrected chi connectivity index (χ3v) is 3.62. The lowest BCUT2D eigenvalue weighted by molar-refractivity contribution is -0.134. The normalized spacial score (nSPS) is 18.7. The van der Waals surface area contributed by atoms with E-state index in [0.717, 1.165) is 24.9 Å². The summed E-state index contributed by atoms with van der Waals surface area (Å²) in [6.45, 7) is 3.14. The van der Waals surface area contributed by atoms with Gasteiger partial charge in [-0.25, -0.2) is 4.39 Å². The molecule has 0 aromatic heterocycles. The Morgan fingerprint density at radius 3 is 2.70 bits per heavy atom. The monoisotopic (exact) mass is 278 g/mol. The van der Waals surface area contributed by atoms with Crippen LogP contribution in [0.5, 0.6) is 0 Å². The molecule has 0 bridgehead atoms. The molecule has 2 rings (SSSR count). The quantitative estimate of drug-likeness (QED) is 0.915. The van der Waals surface area contributed by atoms with Crippen molar-refractivity contribution in [2.75, 3.05) is 13.1 Å². The first-order valence-electron chi connectivity index (χ1n) is 6.84. The fourth-order valence-corrected chi connectivity index (χ4v) is 2.41. The Bertz CT molecular complexity index is 487. The molecule has 0 spiro atoms. The lowest BCUT2D eigenvalue weighted by Crippen LogP contribution is -2.44. The molecular formula is C15H19FN2O2. The van der Waals surface area contributed by atoms with Crippen LogP contribution in [-0.4, -0.2) is 29.8 Å². The van der Waals surface area contributed by atoms with Crippen molar-refractivity contribution in [2.24, 2.45) is 5.92 Å². The van der Waals surface area contributed by atoms with Gasteiger partial charge >= 0.3 is 0 Å². The molecule has 1 heterocycles. The molecule has 0 aliphatic carbocycles. The Morgan fingerprint density at radius 1 is 1.35 bits per heavy atom. The van der Waals surface area contributed by atoms with Gasteiger partial charge in [0.05, 0.1) is 5.92 Å². The average Bonchev–Trinajstić information content (AvgIpc) is 2.46. The number of halogens is 1. The lowest BCUT2D eigenvalue weighted by atomic mass is 9.97. The van der Waals surface area contributed by atoms with Gasteiger partial charge in [0, 0.05) is 26.6 Å². The molecule has 20 heavy (non-hydrogen) atoms. The fourth-order valence-electron chi connectivity index (χ4n) is 2.41. The molecule has 1 fully saturated rings. The largest absolute Gasteiger partial charge is 0.352 e. The van der Waals surface area contributed by atoms with Gasteiger partial charge in [0.2, 0.25) is 11.8 Å². The summed E-state index contributed by atoms with van der Waals surface area (Å²) in [6, 6.07) is 6.05. The predicted molar refractivity (Wildman–Crippen MR) is 73.2 cm³/mol. The predicted octanol–water partition coefficient (Wildman–Crippen LogP) is 1.70. The van der Waals surface area contributed by atoms with Crippen molar-refractivity contribution in [1.82, 2.24) is 10.2 Å². The van der Waals surface area contributed by atoms with Crippen molar-refractivity contribution in [2.45, 2.75) is 26.3 Å². The number of likely N-dealkylation sites (tertiary alicyclic amines) is 1. The summed E-state index contributed by atoms with van der Waals surface area (Å²) in [4.78, 5) is 25.1. The summed E-state index contributed by atoms with van der Waals surface area (Å²) in [5, 5.41) is 2.85. The van der Waals surface area contributed by atoms with E-state index in [0.29, 0.717) is 13.1 Å². The number of hydrogen-bond acceptors (Lipinski definition) is 2. The Morgan fingerprint density at radius 2 is 2.05 bits per heavy atom. The van der Waals surface area contributed by atoms with Crippen molar-refractivity contribution in [3.63, 3.8) is 0 Å². The van der Waals surface area contributed by atoms with Crippen molar-refractivity contribution in [1.29, 1.82) is 0 Å². The number of nitrogens with one attached hydrogen (secondary N) is 1. The first-order chi connectivity index (χ1) is 9.56. The number of hydrogen-bond donors (Lipinski definition) is 1. The number of piperidine rings is 1. The highest BCUT2D eigenvalue weighted by atomic mass is 19.1. The first kappa shape index (κ1) is 14.5. The molecule has 0 saturated carbocycles. The minimum Gasteiger partial charge on any atom is -0.352 e. The average molecular weight is 278 g/mol. The molecule has 1 aromatic carbocycles. The molecule has 1 atom stereocenters. The van der Waals surface area contributed by atoms with Crippen LogP contribution in [0.3, 0.4) is 0 Å². The summed E-state index contributed by atoms with van der Waals surface area (Å²) in [5.41, 5.74) is 0.860. The van der Waals surface area contributed by atoms with Crippen molar-refractivity contribution in [3.8, 4) is 0 Å². The summed E-state index contributed by atoms with van der Waals surface area (Å²) < 4.78 is 12.8. The highest BCUT2D eigenvalue weighted by Crippen LogP contribution is 2.16. The van der Waals surface area contributed by atoms with Crippen LogP contribution in [0, 0.1) is 11.7 Å². The SMILES string of the molecule is CC(=O)N1CCCC(C(=O)NCc2ccc(F)cc2)C1. The zero-order valence-corrected chi connectivity index (χ0v) is 11.6. The molecular weight excluding hydrogens is 259 g/mol. The van der Waals surface area contributed by atoms with Gasteiger partial charge < -0.3 is 10.2 Å². The third-order valence-electron chi connectivity index (χ3n) is 3.62. The molecule has 1 aliphatic rings. The van der Waals surface area contributed by atoms with E-state index in [1.807, 2.05) is 0 Å². The van der Waals surface area contributed by atoms with Gasteiger partial charge in [-0.05, 0) is 30.5 Å². The zero-order valence-electron chi connectivity index (χ0n) is 11.6. The number of benzene rings is 1. The lowest BCUT2D eigenvalue weighted by Gasteiger charge is -2.31. The van der Waals surface area contributed by atoms with Gasteiger partial charge in [-0.1, -0.05) is 12.1 Å². The number of carbonyl (C=O) groups excluding carboxylic acids is 2. The highest BCUT2D eigenvalue weighted by molar-refractivity contribution is 5.80. The number of amides is 2. The first-order valence-corrected chi connectivity index (χ1v) is 6.84. The van der Waals surface area contributed by atoms with Gasteiger partial charge in [-0.15, -0.1) is 0 Å². The van der Waals surface area contributed by atoms with E-state index in [4.69, 9.17) is 0 Å². The summed E-state index contributed by atoms with van der Waals surface area (Å²) in [5.74, 6) is -0.459. The van der Waals surface area contributed by atoms with Crippen LogP contribution in [0.15, 0.2) is 24.3 Å². The maximum Gasteiger partial charge on any atom is 0.225 e. The minimum atomic E-state index is -0.288. The summed E-state index contributed by atoms with van der Waals surface area (Å²) in [7, 11) is 0. The molecule has 1 aliphatic heterocycles. The molecule has 5 heteroatoms. The molecule has 108 valence electrons. The molecule has 2 amide bonds.